The molecule has 1 rings (SSSR count). The van der Waals surface area contributed by atoms with Crippen molar-refractivity contribution in [3.8, 4) is 11.5 Å². The first-order valence-corrected chi connectivity index (χ1v) is 8.81. The molecule has 6 nitrogen and oxygen atoms in total. The van der Waals surface area contributed by atoms with Crippen molar-refractivity contribution in [1.29, 1.82) is 0 Å². The number of esters is 1. The van der Waals surface area contributed by atoms with Gasteiger partial charge in [0.15, 0.2) is 11.5 Å². The van der Waals surface area contributed by atoms with Crippen LogP contribution in [0.4, 0.5) is 0 Å². The zero-order valence-corrected chi connectivity index (χ0v) is 15.7. The number of rotatable bonds is 11. The molecule has 0 spiro atoms. The van der Waals surface area contributed by atoms with Gasteiger partial charge in [0.1, 0.15) is 0 Å². The number of hydrogen-bond acceptors (Lipinski definition) is 5. The quantitative estimate of drug-likeness (QED) is 0.574. The molecular formula is C19H29NO5. The molecule has 0 N–H and O–H groups in total. The lowest BCUT2D eigenvalue weighted by atomic mass is 10.1. The van der Waals surface area contributed by atoms with Gasteiger partial charge in [-0.05, 0) is 44.9 Å². The third kappa shape index (κ3) is 7.45. The van der Waals surface area contributed by atoms with Crippen molar-refractivity contribution in [1.82, 2.24) is 4.90 Å². The first kappa shape index (κ1) is 20.8. The van der Waals surface area contributed by atoms with Gasteiger partial charge < -0.3 is 19.1 Å². The zero-order chi connectivity index (χ0) is 18.7. The lowest BCUT2D eigenvalue weighted by Gasteiger charge is -2.21. The van der Waals surface area contributed by atoms with Gasteiger partial charge in [0.25, 0.3) is 0 Å². The largest absolute Gasteiger partial charge is 0.490 e. The number of benzene rings is 1. The summed E-state index contributed by atoms with van der Waals surface area (Å²) >= 11 is 0. The Kier molecular flexibility index (Phi) is 9.43. The molecule has 1 aromatic carbocycles. The molecule has 0 saturated carbocycles. The molecule has 6 heteroatoms. The van der Waals surface area contributed by atoms with E-state index in [1.165, 1.54) is 6.92 Å². The molecule has 0 radical (unpaired) electrons. The van der Waals surface area contributed by atoms with Crippen LogP contribution in [-0.4, -0.2) is 49.7 Å². The van der Waals surface area contributed by atoms with Gasteiger partial charge >= 0.3 is 5.97 Å². The summed E-state index contributed by atoms with van der Waals surface area (Å²) in [7, 11) is 0. The summed E-state index contributed by atoms with van der Waals surface area (Å²) in [5.41, 5.74) is 1.05. The van der Waals surface area contributed by atoms with E-state index in [0.29, 0.717) is 45.1 Å². The highest BCUT2D eigenvalue weighted by atomic mass is 16.5. The highest BCUT2D eigenvalue weighted by molar-refractivity contribution is 5.75. The van der Waals surface area contributed by atoms with Gasteiger partial charge in [-0.2, -0.15) is 0 Å². The van der Waals surface area contributed by atoms with Crippen molar-refractivity contribution in [3.05, 3.63) is 23.8 Å². The predicted octanol–water partition coefficient (Wildman–Crippen LogP) is 2.83. The van der Waals surface area contributed by atoms with Crippen molar-refractivity contribution in [2.45, 2.75) is 40.5 Å². The lowest BCUT2D eigenvalue weighted by Crippen LogP contribution is -2.33. The predicted molar refractivity (Wildman–Crippen MR) is 96.0 cm³/mol. The maximum atomic E-state index is 11.8. The van der Waals surface area contributed by atoms with Gasteiger partial charge in [-0.25, -0.2) is 0 Å². The fourth-order valence-electron chi connectivity index (χ4n) is 2.40. The third-order valence-electron chi connectivity index (χ3n) is 3.61. The van der Waals surface area contributed by atoms with E-state index in [0.717, 1.165) is 11.3 Å². The van der Waals surface area contributed by atoms with E-state index < -0.39 is 0 Å². The molecule has 0 unspecified atom stereocenters. The monoisotopic (exact) mass is 351 g/mol. The SMILES string of the molecule is CCOC(=O)CCN(CCc1ccc(OCC)c(OCC)c1)C(C)=O. The van der Waals surface area contributed by atoms with E-state index in [1.807, 2.05) is 32.0 Å². The van der Waals surface area contributed by atoms with Crippen LogP contribution in [0.5, 0.6) is 11.5 Å². The van der Waals surface area contributed by atoms with E-state index in [2.05, 4.69) is 0 Å². The van der Waals surface area contributed by atoms with Crippen LogP contribution in [0, 0.1) is 0 Å². The second-order valence-electron chi connectivity index (χ2n) is 5.46. The Bertz CT molecular complexity index is 559. The Morgan fingerprint density at radius 2 is 1.64 bits per heavy atom. The van der Waals surface area contributed by atoms with E-state index in [4.69, 9.17) is 14.2 Å². The average molecular weight is 351 g/mol. The molecule has 0 fully saturated rings. The topological polar surface area (TPSA) is 65.1 Å². The molecule has 0 aliphatic heterocycles. The molecule has 0 atom stereocenters. The molecule has 1 aromatic rings. The van der Waals surface area contributed by atoms with Crippen LogP contribution >= 0.6 is 0 Å². The van der Waals surface area contributed by atoms with Crippen molar-refractivity contribution in [2.75, 3.05) is 32.9 Å². The Hall–Kier alpha value is -2.24. The van der Waals surface area contributed by atoms with Crippen molar-refractivity contribution in [3.63, 3.8) is 0 Å². The number of ether oxygens (including phenoxy) is 3. The first-order chi connectivity index (χ1) is 12.0. The van der Waals surface area contributed by atoms with E-state index in [1.54, 1.807) is 11.8 Å². The second-order valence-corrected chi connectivity index (χ2v) is 5.46. The zero-order valence-electron chi connectivity index (χ0n) is 15.7. The van der Waals surface area contributed by atoms with Gasteiger partial charge in [-0.1, -0.05) is 6.07 Å². The summed E-state index contributed by atoms with van der Waals surface area (Å²) in [4.78, 5) is 24.9. The Morgan fingerprint density at radius 3 is 2.24 bits per heavy atom. The summed E-state index contributed by atoms with van der Waals surface area (Å²) in [6.45, 7) is 9.52. The summed E-state index contributed by atoms with van der Waals surface area (Å²) < 4.78 is 16.1. The normalized spacial score (nSPS) is 10.2. The molecule has 0 saturated heterocycles. The number of amides is 1. The fraction of sp³-hybridized carbons (Fsp3) is 0.579. The summed E-state index contributed by atoms with van der Waals surface area (Å²) in [5.74, 6) is 1.09. The second kappa shape index (κ2) is 11.3. The minimum atomic E-state index is -0.284. The van der Waals surface area contributed by atoms with Crippen LogP contribution < -0.4 is 9.47 Å². The molecule has 0 aliphatic carbocycles. The minimum Gasteiger partial charge on any atom is -0.490 e. The molecule has 25 heavy (non-hydrogen) atoms. The number of carbonyl (C=O) groups excluding carboxylic acids is 2. The van der Waals surface area contributed by atoms with Gasteiger partial charge in [0.05, 0.1) is 26.2 Å². The molecule has 140 valence electrons. The first-order valence-electron chi connectivity index (χ1n) is 8.81. The molecule has 0 aromatic heterocycles. The summed E-state index contributed by atoms with van der Waals surface area (Å²) in [6.07, 6.45) is 0.885. The smallest absolute Gasteiger partial charge is 0.307 e. The Balaban J connectivity index is 2.67. The van der Waals surface area contributed by atoms with Gasteiger partial charge in [0.2, 0.25) is 5.91 Å². The van der Waals surface area contributed by atoms with Crippen LogP contribution in [0.25, 0.3) is 0 Å². The average Bonchev–Trinajstić information content (AvgIpc) is 2.57. The molecule has 0 aliphatic rings. The maximum absolute atomic E-state index is 11.8. The van der Waals surface area contributed by atoms with Crippen LogP contribution in [0.15, 0.2) is 18.2 Å². The number of carbonyl (C=O) groups is 2. The lowest BCUT2D eigenvalue weighted by molar-refractivity contribution is -0.143. The summed E-state index contributed by atoms with van der Waals surface area (Å²) in [5, 5.41) is 0. The van der Waals surface area contributed by atoms with E-state index in [-0.39, 0.29) is 18.3 Å². The van der Waals surface area contributed by atoms with Crippen molar-refractivity contribution in [2.24, 2.45) is 0 Å². The highest BCUT2D eigenvalue weighted by Gasteiger charge is 2.13. The molecule has 1 amide bonds. The Morgan fingerprint density at radius 1 is 0.960 bits per heavy atom. The van der Waals surface area contributed by atoms with Gasteiger partial charge in [0, 0.05) is 20.0 Å². The molecule has 0 bridgehead atoms. The Labute approximate surface area is 150 Å². The van der Waals surface area contributed by atoms with Crippen molar-refractivity contribution >= 4 is 11.9 Å². The fourth-order valence-corrected chi connectivity index (χ4v) is 2.40. The maximum Gasteiger partial charge on any atom is 0.307 e. The van der Waals surface area contributed by atoms with Crippen LogP contribution in [0.1, 0.15) is 39.7 Å². The number of hydrogen-bond donors (Lipinski definition) is 0. The minimum absolute atomic E-state index is 0.0553. The number of nitrogens with zero attached hydrogens (tertiary/aromatic N) is 1. The summed E-state index contributed by atoms with van der Waals surface area (Å²) in [6, 6.07) is 5.80. The van der Waals surface area contributed by atoms with Gasteiger partial charge in [-0.3, -0.25) is 9.59 Å². The van der Waals surface area contributed by atoms with E-state index >= 15 is 0 Å². The van der Waals surface area contributed by atoms with Gasteiger partial charge in [-0.15, -0.1) is 0 Å². The van der Waals surface area contributed by atoms with Crippen LogP contribution in [0.3, 0.4) is 0 Å². The van der Waals surface area contributed by atoms with Crippen LogP contribution in [-0.2, 0) is 20.7 Å². The van der Waals surface area contributed by atoms with E-state index in [9.17, 15) is 9.59 Å². The van der Waals surface area contributed by atoms with Crippen molar-refractivity contribution < 1.29 is 23.8 Å². The molecular weight excluding hydrogens is 322 g/mol. The third-order valence-corrected chi connectivity index (χ3v) is 3.61. The standard InChI is InChI=1S/C19H29NO5/c1-5-23-17-9-8-16(14-18(17)24-6-2)10-12-20(15(4)21)13-11-19(22)25-7-3/h8-9,14H,5-7,10-13H2,1-4H3. The molecule has 0 heterocycles. The van der Waals surface area contributed by atoms with Crippen LogP contribution in [0.2, 0.25) is 0 Å². The highest BCUT2D eigenvalue weighted by Crippen LogP contribution is 2.28.